The first-order valence-electron chi connectivity index (χ1n) is 8.53. The van der Waals surface area contributed by atoms with Crippen LogP contribution in [0.3, 0.4) is 0 Å². The van der Waals surface area contributed by atoms with E-state index >= 15 is 0 Å². The normalized spacial score (nSPS) is 11.1. The van der Waals surface area contributed by atoms with E-state index in [-0.39, 0.29) is 27.8 Å². The number of benzene rings is 2. The molecule has 0 bridgehead atoms. The topological polar surface area (TPSA) is 132 Å². The summed E-state index contributed by atoms with van der Waals surface area (Å²) in [6.45, 7) is 1.78. The van der Waals surface area contributed by atoms with Crippen LogP contribution in [-0.4, -0.2) is 29.2 Å². The highest BCUT2D eigenvalue weighted by molar-refractivity contribution is 7.90. The molecule has 1 N–H and O–H groups in total. The van der Waals surface area contributed by atoms with Crippen LogP contribution in [0.1, 0.15) is 21.6 Å². The molecule has 3 aromatic rings. The quantitative estimate of drug-likeness (QED) is 0.347. The van der Waals surface area contributed by atoms with Gasteiger partial charge < -0.3 is 5.32 Å². The van der Waals surface area contributed by atoms with Crippen LogP contribution in [0.25, 0.3) is 0 Å². The van der Waals surface area contributed by atoms with Gasteiger partial charge in [0.25, 0.3) is 11.6 Å². The summed E-state index contributed by atoms with van der Waals surface area (Å²) < 4.78 is 25.5. The predicted octanol–water partition coefficient (Wildman–Crippen LogP) is 3.57. The van der Waals surface area contributed by atoms with Gasteiger partial charge in [-0.25, -0.2) is 18.4 Å². The van der Waals surface area contributed by atoms with Crippen molar-refractivity contribution in [3.05, 3.63) is 86.7 Å². The van der Waals surface area contributed by atoms with Crippen molar-refractivity contribution < 1.29 is 18.1 Å². The van der Waals surface area contributed by atoms with Crippen LogP contribution in [0.2, 0.25) is 5.02 Å². The molecule has 0 radical (unpaired) electrons. The number of sulfone groups is 1. The molecule has 0 aliphatic heterocycles. The maximum Gasteiger partial charge on any atom is 0.275 e. The van der Waals surface area contributed by atoms with Crippen molar-refractivity contribution in [3.8, 4) is 0 Å². The number of nitrogens with one attached hydrogen (secondary N) is 1. The van der Waals surface area contributed by atoms with Gasteiger partial charge in [0, 0.05) is 17.8 Å². The number of carbonyl (C=O) groups excluding carboxylic acids is 1. The van der Waals surface area contributed by atoms with Gasteiger partial charge in [0.05, 0.1) is 21.9 Å². The highest BCUT2D eigenvalue weighted by Crippen LogP contribution is 2.22. The first kappa shape index (κ1) is 21.3. The maximum atomic E-state index is 12.7. The number of aromatic nitrogens is 2. The molecule has 30 heavy (non-hydrogen) atoms. The fraction of sp³-hybridized carbons (Fsp3) is 0.105. The number of amides is 1. The second kappa shape index (κ2) is 8.56. The van der Waals surface area contributed by atoms with Crippen molar-refractivity contribution in [2.75, 3.05) is 5.32 Å². The Labute approximate surface area is 176 Å². The van der Waals surface area contributed by atoms with Crippen LogP contribution in [0.15, 0.2) is 59.9 Å². The Hall–Kier alpha value is -3.37. The lowest BCUT2D eigenvalue weighted by atomic mass is 10.1. The Balaban J connectivity index is 1.89. The monoisotopic (exact) mass is 446 g/mol. The second-order valence-electron chi connectivity index (χ2n) is 6.30. The van der Waals surface area contributed by atoms with Crippen molar-refractivity contribution in [1.29, 1.82) is 0 Å². The van der Waals surface area contributed by atoms with Crippen molar-refractivity contribution in [2.24, 2.45) is 0 Å². The molecule has 0 fully saturated rings. The van der Waals surface area contributed by atoms with Crippen LogP contribution < -0.4 is 5.32 Å². The average Bonchev–Trinajstić information content (AvgIpc) is 2.70. The summed E-state index contributed by atoms with van der Waals surface area (Å²) in [6.07, 6.45) is 1.03. The zero-order chi connectivity index (χ0) is 21.9. The van der Waals surface area contributed by atoms with E-state index in [1.54, 1.807) is 31.2 Å². The number of carbonyl (C=O) groups is 1. The Kier molecular flexibility index (Phi) is 6.09. The van der Waals surface area contributed by atoms with Gasteiger partial charge in [-0.05, 0) is 24.1 Å². The number of hydrogen-bond donors (Lipinski definition) is 1. The lowest BCUT2D eigenvalue weighted by Gasteiger charge is -2.09. The molecular weight excluding hydrogens is 432 g/mol. The number of rotatable bonds is 6. The standard InChI is InChI=1S/C19H15ClN4O5S/c1-12-5-2-3-6-13(12)11-30(28,29)19-21-10-16(20)17(23-19)18(25)22-14-7-4-8-15(9-14)24(26)27/h2-10H,11H2,1H3,(H,22,25). The average molecular weight is 447 g/mol. The van der Waals surface area contributed by atoms with Crippen LogP contribution in [-0.2, 0) is 15.6 Å². The number of halogens is 1. The summed E-state index contributed by atoms with van der Waals surface area (Å²) in [5.41, 5.74) is 0.926. The second-order valence-corrected chi connectivity index (χ2v) is 8.59. The first-order valence-corrected chi connectivity index (χ1v) is 10.6. The lowest BCUT2D eigenvalue weighted by Crippen LogP contribution is -2.18. The molecule has 1 amide bonds. The molecular formula is C19H15ClN4O5S. The summed E-state index contributed by atoms with van der Waals surface area (Å²) in [5, 5.41) is 12.6. The molecule has 0 aliphatic rings. The minimum absolute atomic E-state index is 0.133. The van der Waals surface area contributed by atoms with Gasteiger partial charge >= 0.3 is 0 Å². The Morgan fingerprint density at radius 3 is 2.63 bits per heavy atom. The fourth-order valence-corrected chi connectivity index (χ4v) is 4.07. The number of nitro groups is 1. The molecule has 0 saturated carbocycles. The molecule has 9 nitrogen and oxygen atoms in total. The molecule has 1 aromatic heterocycles. The van der Waals surface area contributed by atoms with E-state index in [1.165, 1.54) is 18.2 Å². The molecule has 0 unspecified atom stereocenters. The number of nitrogens with zero attached hydrogens (tertiary/aromatic N) is 3. The fourth-order valence-electron chi connectivity index (χ4n) is 2.59. The zero-order valence-corrected chi connectivity index (χ0v) is 17.1. The predicted molar refractivity (Wildman–Crippen MR) is 110 cm³/mol. The van der Waals surface area contributed by atoms with Crippen molar-refractivity contribution in [2.45, 2.75) is 17.8 Å². The van der Waals surface area contributed by atoms with Gasteiger partial charge in [0.1, 0.15) is 0 Å². The molecule has 0 spiro atoms. The van der Waals surface area contributed by atoms with Gasteiger partial charge in [0.2, 0.25) is 15.0 Å². The maximum absolute atomic E-state index is 12.7. The zero-order valence-electron chi connectivity index (χ0n) is 15.6. The van der Waals surface area contributed by atoms with Crippen LogP contribution in [0.4, 0.5) is 11.4 Å². The Bertz CT molecular complexity index is 1250. The minimum atomic E-state index is -3.95. The summed E-state index contributed by atoms with van der Waals surface area (Å²) in [4.78, 5) is 30.4. The van der Waals surface area contributed by atoms with Crippen LogP contribution in [0, 0.1) is 17.0 Å². The van der Waals surface area contributed by atoms with Gasteiger partial charge in [0.15, 0.2) is 5.69 Å². The first-order chi connectivity index (χ1) is 14.2. The third-order valence-electron chi connectivity index (χ3n) is 4.14. The molecule has 3 rings (SSSR count). The van der Waals surface area contributed by atoms with Gasteiger partial charge in [-0.1, -0.05) is 41.9 Å². The largest absolute Gasteiger partial charge is 0.320 e. The van der Waals surface area contributed by atoms with Crippen molar-refractivity contribution >= 4 is 38.7 Å². The molecule has 2 aromatic carbocycles. The highest BCUT2D eigenvalue weighted by Gasteiger charge is 2.24. The third kappa shape index (κ3) is 4.78. The van der Waals surface area contributed by atoms with Gasteiger partial charge in [-0.15, -0.1) is 0 Å². The molecule has 0 atom stereocenters. The van der Waals surface area contributed by atoms with E-state index in [0.29, 0.717) is 5.56 Å². The van der Waals surface area contributed by atoms with Crippen LogP contribution in [0.5, 0.6) is 0 Å². The number of anilines is 1. The Morgan fingerprint density at radius 2 is 1.93 bits per heavy atom. The van der Waals surface area contributed by atoms with E-state index in [1.807, 2.05) is 0 Å². The number of aryl methyl sites for hydroxylation is 1. The van der Waals surface area contributed by atoms with E-state index < -0.39 is 25.8 Å². The van der Waals surface area contributed by atoms with Crippen molar-refractivity contribution in [1.82, 2.24) is 9.97 Å². The summed E-state index contributed by atoms with van der Waals surface area (Å²) in [7, 11) is -3.95. The van der Waals surface area contributed by atoms with Crippen molar-refractivity contribution in [3.63, 3.8) is 0 Å². The molecule has 0 aliphatic carbocycles. The van der Waals surface area contributed by atoms with Gasteiger partial charge in [-0.2, -0.15) is 0 Å². The molecule has 1 heterocycles. The SMILES string of the molecule is Cc1ccccc1CS(=O)(=O)c1ncc(Cl)c(C(=O)Nc2cccc([N+](=O)[O-])c2)n1. The molecule has 11 heteroatoms. The van der Waals surface area contributed by atoms with E-state index in [9.17, 15) is 23.3 Å². The third-order valence-corrected chi connectivity index (χ3v) is 5.86. The summed E-state index contributed by atoms with van der Waals surface area (Å²) >= 11 is 5.99. The number of hydrogen-bond acceptors (Lipinski definition) is 7. The summed E-state index contributed by atoms with van der Waals surface area (Å²) in [6, 6.07) is 12.2. The van der Waals surface area contributed by atoms with E-state index in [2.05, 4.69) is 15.3 Å². The smallest absolute Gasteiger partial charge is 0.275 e. The van der Waals surface area contributed by atoms with E-state index in [0.717, 1.165) is 17.8 Å². The molecule has 154 valence electrons. The van der Waals surface area contributed by atoms with Crippen LogP contribution >= 0.6 is 11.6 Å². The van der Waals surface area contributed by atoms with Gasteiger partial charge in [-0.3, -0.25) is 14.9 Å². The summed E-state index contributed by atoms with van der Waals surface area (Å²) in [5.74, 6) is -1.16. The lowest BCUT2D eigenvalue weighted by molar-refractivity contribution is -0.384. The van der Waals surface area contributed by atoms with E-state index in [4.69, 9.17) is 11.6 Å². The number of non-ortho nitro benzene ring substituents is 1. The number of nitro benzene ring substituents is 1. The Morgan fingerprint density at radius 1 is 1.20 bits per heavy atom. The molecule has 0 saturated heterocycles. The minimum Gasteiger partial charge on any atom is -0.320 e. The highest BCUT2D eigenvalue weighted by atomic mass is 35.5.